The number of rotatable bonds is 7. The van der Waals surface area contributed by atoms with E-state index in [1.807, 2.05) is 24.6 Å². The number of hydrogen-bond donors (Lipinski definition) is 1. The molecule has 0 unspecified atom stereocenters. The highest BCUT2D eigenvalue weighted by Gasteiger charge is 2.10. The molecule has 0 radical (unpaired) electrons. The summed E-state index contributed by atoms with van der Waals surface area (Å²) in [5, 5.41) is 10.9. The number of hydrogen-bond acceptors (Lipinski definition) is 4. The monoisotopic (exact) mass is 323 g/mol. The van der Waals surface area contributed by atoms with Gasteiger partial charge >= 0.3 is 0 Å². The summed E-state index contributed by atoms with van der Waals surface area (Å²) in [5.41, 5.74) is 2.31. The predicted octanol–water partition coefficient (Wildman–Crippen LogP) is 1.48. The lowest BCUT2D eigenvalue weighted by Crippen LogP contribution is -2.25. The second-order valence-electron chi connectivity index (χ2n) is 5.02. The fraction of sp³-hybridized carbons (Fsp3) is 0.429. The molecule has 1 amide bonds. The number of carbonyl (C=O) groups excluding carboxylic acids is 2. The molecular weight excluding hydrogens is 306 g/mol. The third-order valence-electron chi connectivity index (χ3n) is 3.09. The van der Waals surface area contributed by atoms with Crippen molar-refractivity contribution in [1.82, 2.24) is 24.9 Å². The van der Waals surface area contributed by atoms with Crippen molar-refractivity contribution in [2.45, 2.75) is 33.4 Å². The number of nitrogens with zero attached hydrogens (tertiary/aromatic N) is 4. The molecule has 0 fully saturated rings. The van der Waals surface area contributed by atoms with E-state index >= 15 is 0 Å². The zero-order valence-corrected chi connectivity index (χ0v) is 13.3. The smallest absolute Gasteiger partial charge is 0.271 e. The molecule has 2 rings (SSSR count). The lowest BCUT2D eigenvalue weighted by Gasteiger charge is -2.04. The van der Waals surface area contributed by atoms with Crippen LogP contribution in [-0.2, 0) is 11.5 Å². The molecule has 0 bridgehead atoms. The van der Waals surface area contributed by atoms with Gasteiger partial charge in [-0.15, -0.1) is 0 Å². The Hall–Kier alpha value is -2.15. The van der Waals surface area contributed by atoms with E-state index in [4.69, 9.17) is 11.6 Å². The molecule has 0 saturated carbocycles. The van der Waals surface area contributed by atoms with Crippen molar-refractivity contribution >= 4 is 22.8 Å². The second-order valence-corrected chi connectivity index (χ2v) is 5.44. The highest BCUT2D eigenvalue weighted by atomic mass is 35.5. The van der Waals surface area contributed by atoms with Crippen LogP contribution in [0.1, 0.15) is 34.7 Å². The number of aromatic nitrogens is 4. The minimum absolute atomic E-state index is 0.244. The lowest BCUT2D eigenvalue weighted by atomic mass is 10.3. The van der Waals surface area contributed by atoms with E-state index in [-0.39, 0.29) is 12.3 Å². The predicted molar refractivity (Wildman–Crippen MR) is 81.8 cm³/mol. The Morgan fingerprint density at radius 3 is 2.73 bits per heavy atom. The van der Waals surface area contributed by atoms with Crippen LogP contribution in [0.5, 0.6) is 0 Å². The molecule has 0 atom stereocenters. The maximum Gasteiger partial charge on any atom is 0.271 e. The molecular formula is C14H18ClN5O2. The molecule has 2 heterocycles. The zero-order valence-electron chi connectivity index (χ0n) is 12.5. The van der Waals surface area contributed by atoms with Crippen LogP contribution in [0.25, 0.3) is 0 Å². The standard InChI is InChI=1S/C14H18ClN5O2/c1-10-8-11(2)20(17-10)9-19-7-5-12(18-19)14(22)16-6-3-4-13(15)21/h5,7-8H,3-4,6,9H2,1-2H3,(H,16,22). The molecule has 0 aliphatic rings. The average Bonchev–Trinajstić information content (AvgIpc) is 3.02. The van der Waals surface area contributed by atoms with Gasteiger partial charge in [-0.25, -0.2) is 4.68 Å². The first kappa shape index (κ1) is 16.2. The Bertz CT molecular complexity index is 677. The molecule has 22 heavy (non-hydrogen) atoms. The van der Waals surface area contributed by atoms with Crippen molar-refractivity contribution in [2.75, 3.05) is 6.54 Å². The van der Waals surface area contributed by atoms with Crippen LogP contribution in [0.3, 0.4) is 0 Å². The van der Waals surface area contributed by atoms with Crippen molar-refractivity contribution < 1.29 is 9.59 Å². The Labute approximate surface area is 133 Å². The Balaban J connectivity index is 1.89. The average molecular weight is 324 g/mol. The number of aryl methyl sites for hydroxylation is 2. The fourth-order valence-electron chi connectivity index (χ4n) is 2.04. The molecule has 8 heteroatoms. The van der Waals surface area contributed by atoms with Crippen LogP contribution in [0.2, 0.25) is 0 Å². The third kappa shape index (κ3) is 4.42. The van der Waals surface area contributed by atoms with Crippen molar-refractivity contribution in [3.8, 4) is 0 Å². The summed E-state index contributed by atoms with van der Waals surface area (Å²) >= 11 is 5.23. The van der Waals surface area contributed by atoms with Gasteiger partial charge in [-0.3, -0.25) is 14.3 Å². The van der Waals surface area contributed by atoms with Gasteiger partial charge in [0.15, 0.2) is 0 Å². The van der Waals surface area contributed by atoms with Crippen molar-refractivity contribution in [3.63, 3.8) is 0 Å². The summed E-state index contributed by atoms with van der Waals surface area (Å²) in [6.45, 7) is 4.74. The molecule has 7 nitrogen and oxygen atoms in total. The minimum Gasteiger partial charge on any atom is -0.351 e. The first-order valence-corrected chi connectivity index (χ1v) is 7.34. The van der Waals surface area contributed by atoms with Gasteiger partial charge in [0.05, 0.1) is 5.69 Å². The van der Waals surface area contributed by atoms with E-state index in [0.29, 0.717) is 25.3 Å². The van der Waals surface area contributed by atoms with Gasteiger partial charge in [0.1, 0.15) is 12.4 Å². The molecule has 0 aromatic carbocycles. The molecule has 0 aliphatic carbocycles. The second kappa shape index (κ2) is 7.22. The van der Waals surface area contributed by atoms with Gasteiger partial charge in [0.25, 0.3) is 5.91 Å². The maximum absolute atomic E-state index is 11.9. The van der Waals surface area contributed by atoms with Crippen LogP contribution in [0, 0.1) is 13.8 Å². The summed E-state index contributed by atoms with van der Waals surface area (Å²) in [7, 11) is 0. The van der Waals surface area contributed by atoms with Crippen LogP contribution < -0.4 is 5.32 Å². The summed E-state index contributed by atoms with van der Waals surface area (Å²) in [6, 6.07) is 3.63. The molecule has 2 aromatic rings. The normalized spacial score (nSPS) is 10.7. The van der Waals surface area contributed by atoms with E-state index in [1.165, 1.54) is 0 Å². The summed E-state index contributed by atoms with van der Waals surface area (Å²) in [4.78, 5) is 22.5. The van der Waals surface area contributed by atoms with Gasteiger partial charge in [0, 0.05) is 24.9 Å². The number of carbonyl (C=O) groups is 2. The Kier molecular flexibility index (Phi) is 5.32. The van der Waals surface area contributed by atoms with Crippen molar-refractivity contribution in [3.05, 3.63) is 35.4 Å². The molecule has 118 valence electrons. The van der Waals surface area contributed by atoms with Crippen LogP contribution in [0.4, 0.5) is 0 Å². The highest BCUT2D eigenvalue weighted by molar-refractivity contribution is 6.63. The summed E-state index contributed by atoms with van der Waals surface area (Å²) in [6.07, 6.45) is 2.49. The van der Waals surface area contributed by atoms with Crippen molar-refractivity contribution in [2.24, 2.45) is 0 Å². The van der Waals surface area contributed by atoms with Crippen LogP contribution in [-0.4, -0.2) is 37.3 Å². The minimum atomic E-state index is -0.400. The van der Waals surface area contributed by atoms with E-state index < -0.39 is 5.24 Å². The molecule has 0 aliphatic heterocycles. The van der Waals surface area contributed by atoms with Gasteiger partial charge in [0.2, 0.25) is 5.24 Å². The van der Waals surface area contributed by atoms with E-state index in [9.17, 15) is 9.59 Å². The Morgan fingerprint density at radius 1 is 1.32 bits per heavy atom. The molecule has 1 N–H and O–H groups in total. The maximum atomic E-state index is 11.9. The van der Waals surface area contributed by atoms with Gasteiger partial charge < -0.3 is 5.32 Å². The molecule has 0 saturated heterocycles. The fourth-order valence-corrected chi connectivity index (χ4v) is 2.17. The van der Waals surface area contributed by atoms with E-state index in [0.717, 1.165) is 11.4 Å². The number of nitrogens with one attached hydrogen (secondary N) is 1. The zero-order chi connectivity index (χ0) is 16.1. The summed E-state index contributed by atoms with van der Waals surface area (Å²) in [5.74, 6) is -0.269. The van der Waals surface area contributed by atoms with Gasteiger partial charge in [-0.2, -0.15) is 10.2 Å². The SMILES string of the molecule is Cc1cc(C)n(Cn2ccc(C(=O)NCCCC(=O)Cl)n2)n1. The highest BCUT2D eigenvalue weighted by Crippen LogP contribution is 2.03. The number of halogens is 1. The van der Waals surface area contributed by atoms with Crippen LogP contribution in [0.15, 0.2) is 18.3 Å². The third-order valence-corrected chi connectivity index (χ3v) is 3.28. The van der Waals surface area contributed by atoms with Gasteiger partial charge in [-0.05, 0) is 44.0 Å². The van der Waals surface area contributed by atoms with E-state index in [1.54, 1.807) is 16.9 Å². The Morgan fingerprint density at radius 2 is 2.09 bits per heavy atom. The first-order chi connectivity index (χ1) is 10.5. The topological polar surface area (TPSA) is 81.8 Å². The van der Waals surface area contributed by atoms with Crippen molar-refractivity contribution in [1.29, 1.82) is 0 Å². The largest absolute Gasteiger partial charge is 0.351 e. The lowest BCUT2D eigenvalue weighted by molar-refractivity contribution is -0.111. The van der Waals surface area contributed by atoms with Crippen LogP contribution >= 0.6 is 11.6 Å². The molecule has 2 aromatic heterocycles. The van der Waals surface area contributed by atoms with E-state index in [2.05, 4.69) is 15.5 Å². The first-order valence-electron chi connectivity index (χ1n) is 6.97. The van der Waals surface area contributed by atoms with Gasteiger partial charge in [-0.1, -0.05) is 0 Å². The number of amides is 1. The molecule has 0 spiro atoms. The summed E-state index contributed by atoms with van der Waals surface area (Å²) < 4.78 is 3.47. The quantitative estimate of drug-likeness (QED) is 0.618.